The molecule has 0 unspecified atom stereocenters. The van der Waals surface area contributed by atoms with Crippen LogP contribution in [0, 0.1) is 10.1 Å². The molecular formula is C23H15N3O3S. The third-order valence-electron chi connectivity index (χ3n) is 5.15. The number of carbonyl (C=O) groups excluding carboxylic acids is 1. The van der Waals surface area contributed by atoms with Crippen molar-refractivity contribution in [2.75, 3.05) is 5.32 Å². The number of amides is 1. The Hall–Kier alpha value is -3.84. The van der Waals surface area contributed by atoms with Crippen molar-refractivity contribution < 1.29 is 9.72 Å². The summed E-state index contributed by atoms with van der Waals surface area (Å²) in [4.78, 5) is 27.2. The van der Waals surface area contributed by atoms with E-state index in [9.17, 15) is 14.9 Å². The summed E-state index contributed by atoms with van der Waals surface area (Å²) in [5.41, 5.74) is 7.25. The molecule has 3 aromatic carbocycles. The van der Waals surface area contributed by atoms with Gasteiger partial charge in [-0.2, -0.15) is 0 Å². The van der Waals surface area contributed by atoms with Gasteiger partial charge in [0.25, 0.3) is 11.6 Å². The molecule has 0 fully saturated rings. The number of anilines is 1. The number of hydrogen-bond donors (Lipinski definition) is 1. The van der Waals surface area contributed by atoms with Crippen molar-refractivity contribution in [1.82, 2.24) is 4.98 Å². The normalized spacial score (nSPS) is 11.6. The fraction of sp³-hybridized carbons (Fsp3) is 0.0435. The first kappa shape index (κ1) is 18.2. The van der Waals surface area contributed by atoms with Gasteiger partial charge in [0, 0.05) is 28.6 Å². The molecule has 7 heteroatoms. The van der Waals surface area contributed by atoms with Crippen LogP contribution in [0.5, 0.6) is 0 Å². The van der Waals surface area contributed by atoms with E-state index in [0.717, 1.165) is 17.7 Å². The first-order valence-electron chi connectivity index (χ1n) is 9.31. The summed E-state index contributed by atoms with van der Waals surface area (Å²) in [5.74, 6) is -0.352. The van der Waals surface area contributed by atoms with Gasteiger partial charge in [0.1, 0.15) is 0 Å². The van der Waals surface area contributed by atoms with E-state index < -0.39 is 4.92 Å². The second kappa shape index (κ2) is 7.20. The first-order chi connectivity index (χ1) is 14.6. The fourth-order valence-corrected chi connectivity index (χ4v) is 4.39. The highest BCUT2D eigenvalue weighted by Gasteiger charge is 2.19. The zero-order valence-corrected chi connectivity index (χ0v) is 16.5. The molecule has 0 spiro atoms. The molecule has 0 atom stereocenters. The Labute approximate surface area is 176 Å². The molecule has 146 valence electrons. The number of hydrogen-bond acceptors (Lipinski definition) is 5. The number of non-ortho nitro benzene ring substituents is 1. The summed E-state index contributed by atoms with van der Waals surface area (Å²) in [6, 6.07) is 20.2. The monoisotopic (exact) mass is 413 g/mol. The minimum Gasteiger partial charge on any atom is -0.298 e. The average Bonchev–Trinajstić information content (AvgIpc) is 3.37. The Morgan fingerprint density at radius 2 is 1.77 bits per heavy atom. The van der Waals surface area contributed by atoms with Crippen LogP contribution in [0.2, 0.25) is 0 Å². The predicted octanol–water partition coefficient (Wildman–Crippen LogP) is 5.54. The smallest absolute Gasteiger partial charge is 0.269 e. The van der Waals surface area contributed by atoms with E-state index >= 15 is 0 Å². The summed E-state index contributed by atoms with van der Waals surface area (Å²) in [6.07, 6.45) is 0.910. The predicted molar refractivity (Wildman–Crippen MR) is 117 cm³/mol. The topological polar surface area (TPSA) is 85.1 Å². The Kier molecular flexibility index (Phi) is 4.37. The molecule has 0 saturated carbocycles. The van der Waals surface area contributed by atoms with Crippen LogP contribution in [0.25, 0.3) is 22.4 Å². The highest BCUT2D eigenvalue weighted by molar-refractivity contribution is 7.14. The molecule has 0 saturated heterocycles. The molecule has 1 amide bonds. The Bertz CT molecular complexity index is 1300. The van der Waals surface area contributed by atoms with E-state index in [0.29, 0.717) is 10.7 Å². The second-order valence-electron chi connectivity index (χ2n) is 7.00. The van der Waals surface area contributed by atoms with Crippen LogP contribution in [0.1, 0.15) is 21.5 Å². The minimum absolute atomic E-state index is 0.0538. The summed E-state index contributed by atoms with van der Waals surface area (Å²) in [7, 11) is 0. The van der Waals surface area contributed by atoms with Crippen LogP contribution in [0.3, 0.4) is 0 Å². The van der Waals surface area contributed by atoms with E-state index in [1.807, 2.05) is 5.38 Å². The quantitative estimate of drug-likeness (QED) is 0.310. The molecule has 1 aliphatic rings. The van der Waals surface area contributed by atoms with Crippen molar-refractivity contribution in [3.8, 4) is 22.4 Å². The Morgan fingerprint density at radius 3 is 2.57 bits per heavy atom. The highest BCUT2D eigenvalue weighted by Crippen LogP contribution is 2.38. The lowest BCUT2D eigenvalue weighted by molar-refractivity contribution is -0.384. The van der Waals surface area contributed by atoms with E-state index in [1.165, 1.54) is 57.9 Å². The van der Waals surface area contributed by atoms with Gasteiger partial charge in [0.15, 0.2) is 5.13 Å². The van der Waals surface area contributed by atoms with Crippen LogP contribution in [-0.2, 0) is 6.42 Å². The summed E-state index contributed by atoms with van der Waals surface area (Å²) in [5, 5.41) is 15.9. The largest absolute Gasteiger partial charge is 0.298 e. The number of nitro groups is 1. The van der Waals surface area contributed by atoms with Crippen molar-refractivity contribution in [3.05, 3.63) is 98.9 Å². The van der Waals surface area contributed by atoms with Crippen LogP contribution >= 0.6 is 11.3 Å². The number of carbonyl (C=O) groups is 1. The number of nitro benzene ring substituents is 1. The molecule has 30 heavy (non-hydrogen) atoms. The van der Waals surface area contributed by atoms with Gasteiger partial charge in [-0.15, -0.1) is 11.3 Å². The highest BCUT2D eigenvalue weighted by atomic mass is 32.1. The van der Waals surface area contributed by atoms with Crippen molar-refractivity contribution in [2.45, 2.75) is 6.42 Å². The van der Waals surface area contributed by atoms with Gasteiger partial charge in [-0.1, -0.05) is 36.4 Å². The van der Waals surface area contributed by atoms with Crippen LogP contribution < -0.4 is 5.32 Å². The SMILES string of the molecule is O=C(Nc1nc(-c2ccc3c(c2)Cc2ccccc2-3)cs1)c1ccc([N+](=O)[O-])cc1. The van der Waals surface area contributed by atoms with Gasteiger partial charge in [-0.3, -0.25) is 20.2 Å². The van der Waals surface area contributed by atoms with Crippen LogP contribution in [-0.4, -0.2) is 15.8 Å². The number of fused-ring (bicyclic) bond motifs is 3. The summed E-state index contributed by atoms with van der Waals surface area (Å²) >= 11 is 1.34. The van der Waals surface area contributed by atoms with E-state index in [1.54, 1.807) is 0 Å². The average molecular weight is 413 g/mol. The lowest BCUT2D eigenvalue weighted by Crippen LogP contribution is -2.11. The van der Waals surface area contributed by atoms with Crippen molar-refractivity contribution in [1.29, 1.82) is 0 Å². The second-order valence-corrected chi connectivity index (χ2v) is 7.86. The third kappa shape index (κ3) is 3.25. The van der Waals surface area contributed by atoms with Gasteiger partial charge in [0.05, 0.1) is 10.6 Å². The zero-order chi connectivity index (χ0) is 20.7. The molecule has 6 nitrogen and oxygen atoms in total. The fourth-order valence-electron chi connectivity index (χ4n) is 3.67. The molecule has 0 aliphatic heterocycles. The molecule has 0 bridgehead atoms. The molecule has 0 radical (unpaired) electrons. The number of rotatable bonds is 4. The number of thiazole rings is 1. The molecule has 1 heterocycles. The van der Waals surface area contributed by atoms with Gasteiger partial charge in [-0.05, 0) is 46.9 Å². The van der Waals surface area contributed by atoms with Gasteiger partial charge >= 0.3 is 0 Å². The third-order valence-corrected chi connectivity index (χ3v) is 5.91. The van der Waals surface area contributed by atoms with Crippen molar-refractivity contribution in [3.63, 3.8) is 0 Å². The van der Waals surface area contributed by atoms with E-state index in [2.05, 4.69) is 52.8 Å². The zero-order valence-electron chi connectivity index (χ0n) is 15.7. The summed E-state index contributed by atoms with van der Waals surface area (Å²) < 4.78 is 0. The maximum absolute atomic E-state index is 12.4. The lowest BCUT2D eigenvalue weighted by Gasteiger charge is -2.04. The molecule has 1 N–H and O–H groups in total. The molecule has 1 aromatic heterocycles. The maximum Gasteiger partial charge on any atom is 0.269 e. The van der Waals surface area contributed by atoms with Crippen molar-refractivity contribution >= 4 is 28.1 Å². The standard InChI is InChI=1S/C23H15N3O3S/c27-22(14-5-8-18(9-6-14)26(28)29)25-23-24-21(13-30-23)16-7-10-20-17(12-16)11-15-3-1-2-4-19(15)20/h1-10,12-13H,11H2,(H,24,25,27). The lowest BCUT2D eigenvalue weighted by atomic mass is 10.0. The van der Waals surface area contributed by atoms with Crippen LogP contribution in [0.4, 0.5) is 10.8 Å². The van der Waals surface area contributed by atoms with Gasteiger partial charge in [-0.25, -0.2) is 4.98 Å². The minimum atomic E-state index is -0.496. The van der Waals surface area contributed by atoms with Gasteiger partial charge in [0.2, 0.25) is 0 Å². The van der Waals surface area contributed by atoms with Crippen molar-refractivity contribution in [2.24, 2.45) is 0 Å². The summed E-state index contributed by atoms with van der Waals surface area (Å²) in [6.45, 7) is 0. The molecular weight excluding hydrogens is 398 g/mol. The van der Waals surface area contributed by atoms with Gasteiger partial charge < -0.3 is 0 Å². The maximum atomic E-state index is 12.4. The number of nitrogens with zero attached hydrogens (tertiary/aromatic N) is 2. The number of aromatic nitrogens is 1. The van der Waals surface area contributed by atoms with Crippen LogP contribution in [0.15, 0.2) is 72.1 Å². The molecule has 1 aliphatic carbocycles. The Balaban J connectivity index is 1.34. The molecule has 4 aromatic rings. The Morgan fingerprint density at radius 1 is 1.00 bits per heavy atom. The van der Waals surface area contributed by atoms with E-state index in [4.69, 9.17) is 0 Å². The number of nitrogens with one attached hydrogen (secondary N) is 1. The van der Waals surface area contributed by atoms with E-state index in [-0.39, 0.29) is 11.6 Å². The first-order valence-corrected chi connectivity index (χ1v) is 10.2. The number of benzene rings is 3. The molecule has 5 rings (SSSR count).